The molecule has 2 atom stereocenters. The third kappa shape index (κ3) is 3.59. The van der Waals surface area contributed by atoms with Gasteiger partial charge in [-0.15, -0.1) is 0 Å². The highest BCUT2D eigenvalue weighted by Crippen LogP contribution is 2.40. The van der Waals surface area contributed by atoms with E-state index < -0.39 is 30.1 Å². The van der Waals surface area contributed by atoms with Crippen LogP contribution in [0.5, 0.6) is 0 Å². The SMILES string of the molecule is COC(=O)C1=C(C(OC)OC)N=C(C)C(C(=O)O)C1c1ccncc1. The number of esters is 1. The minimum absolute atomic E-state index is 0.0976. The van der Waals surface area contributed by atoms with Crippen molar-refractivity contribution in [1.29, 1.82) is 0 Å². The van der Waals surface area contributed by atoms with Crippen molar-refractivity contribution in [2.75, 3.05) is 21.3 Å². The zero-order valence-corrected chi connectivity index (χ0v) is 14.4. The molecule has 1 N–H and O–H groups in total. The van der Waals surface area contributed by atoms with Crippen LogP contribution in [0.25, 0.3) is 0 Å². The van der Waals surface area contributed by atoms with Crippen LogP contribution in [0.15, 0.2) is 40.8 Å². The average Bonchev–Trinajstić information content (AvgIpc) is 2.62. The van der Waals surface area contributed by atoms with Gasteiger partial charge in [0, 0.05) is 38.2 Å². The summed E-state index contributed by atoms with van der Waals surface area (Å²) >= 11 is 0. The Labute approximate surface area is 145 Å². The number of pyridine rings is 1. The lowest BCUT2D eigenvalue weighted by Crippen LogP contribution is -2.37. The second kappa shape index (κ2) is 8.00. The molecule has 1 aromatic heterocycles. The molecule has 0 fully saturated rings. The summed E-state index contributed by atoms with van der Waals surface area (Å²) in [5.74, 6) is -3.59. The number of aliphatic carboxylic acids is 1. The Hall–Kier alpha value is -2.58. The maximum atomic E-state index is 12.5. The molecule has 0 bridgehead atoms. The molecular weight excluding hydrogens is 328 g/mol. The highest BCUT2D eigenvalue weighted by Gasteiger charge is 2.43. The molecule has 25 heavy (non-hydrogen) atoms. The number of carboxylic acid groups (broad SMARTS) is 1. The van der Waals surface area contributed by atoms with Gasteiger partial charge in [0.05, 0.1) is 12.7 Å². The molecule has 0 saturated heterocycles. The predicted octanol–water partition coefficient (Wildman–Crippen LogP) is 1.39. The van der Waals surface area contributed by atoms with Gasteiger partial charge in [-0.25, -0.2) is 4.79 Å². The number of hydrogen-bond donors (Lipinski definition) is 1. The molecule has 134 valence electrons. The second-order valence-corrected chi connectivity index (χ2v) is 5.42. The van der Waals surface area contributed by atoms with E-state index in [4.69, 9.17) is 14.2 Å². The van der Waals surface area contributed by atoms with E-state index in [1.165, 1.54) is 33.7 Å². The Morgan fingerprint density at radius 3 is 2.24 bits per heavy atom. The number of carboxylic acids is 1. The number of hydrogen-bond acceptors (Lipinski definition) is 7. The van der Waals surface area contributed by atoms with Gasteiger partial charge in [0.25, 0.3) is 0 Å². The van der Waals surface area contributed by atoms with Gasteiger partial charge in [0.1, 0.15) is 11.6 Å². The quantitative estimate of drug-likeness (QED) is 0.611. The number of carbonyl (C=O) groups excluding carboxylic acids is 1. The number of carbonyl (C=O) groups is 2. The van der Waals surface area contributed by atoms with Crippen molar-refractivity contribution in [3.05, 3.63) is 41.4 Å². The van der Waals surface area contributed by atoms with E-state index >= 15 is 0 Å². The van der Waals surface area contributed by atoms with Crippen molar-refractivity contribution in [3.63, 3.8) is 0 Å². The first-order chi connectivity index (χ1) is 12.0. The van der Waals surface area contributed by atoms with Crippen LogP contribution in [0.2, 0.25) is 0 Å². The first kappa shape index (κ1) is 18.8. The van der Waals surface area contributed by atoms with Crippen LogP contribution in [0, 0.1) is 5.92 Å². The molecule has 8 nitrogen and oxygen atoms in total. The fourth-order valence-electron chi connectivity index (χ4n) is 2.98. The highest BCUT2D eigenvalue weighted by molar-refractivity contribution is 6.06. The first-order valence-electron chi connectivity index (χ1n) is 7.52. The lowest BCUT2D eigenvalue weighted by Gasteiger charge is -2.32. The summed E-state index contributed by atoms with van der Waals surface area (Å²) in [6.45, 7) is 1.60. The van der Waals surface area contributed by atoms with E-state index in [1.54, 1.807) is 19.1 Å². The molecule has 2 heterocycles. The normalized spacial score (nSPS) is 20.4. The lowest BCUT2D eigenvalue weighted by atomic mass is 9.75. The Morgan fingerprint density at radius 2 is 1.76 bits per heavy atom. The summed E-state index contributed by atoms with van der Waals surface area (Å²) < 4.78 is 15.4. The summed E-state index contributed by atoms with van der Waals surface area (Å²) in [4.78, 5) is 32.6. The van der Waals surface area contributed by atoms with E-state index in [2.05, 4.69) is 9.98 Å². The van der Waals surface area contributed by atoms with Crippen LogP contribution < -0.4 is 0 Å². The van der Waals surface area contributed by atoms with Gasteiger partial charge in [-0.3, -0.25) is 14.8 Å². The maximum absolute atomic E-state index is 12.5. The fourth-order valence-corrected chi connectivity index (χ4v) is 2.98. The number of methoxy groups -OCH3 is 3. The molecule has 8 heteroatoms. The monoisotopic (exact) mass is 348 g/mol. The Morgan fingerprint density at radius 1 is 1.16 bits per heavy atom. The zero-order valence-electron chi connectivity index (χ0n) is 14.4. The third-order valence-electron chi connectivity index (χ3n) is 4.06. The van der Waals surface area contributed by atoms with Gasteiger partial charge < -0.3 is 19.3 Å². The van der Waals surface area contributed by atoms with Crippen molar-refractivity contribution in [2.45, 2.75) is 19.1 Å². The van der Waals surface area contributed by atoms with E-state index in [9.17, 15) is 14.7 Å². The van der Waals surface area contributed by atoms with Crippen LogP contribution in [-0.4, -0.2) is 55.4 Å². The fraction of sp³-hybridized carbons (Fsp3) is 0.412. The van der Waals surface area contributed by atoms with E-state index in [0.717, 1.165) is 0 Å². The summed E-state index contributed by atoms with van der Waals surface area (Å²) in [5.41, 5.74) is 1.26. The molecular formula is C17H20N2O6. The second-order valence-electron chi connectivity index (χ2n) is 5.42. The molecule has 1 aliphatic heterocycles. The molecule has 0 aromatic carbocycles. The van der Waals surface area contributed by atoms with Crippen LogP contribution >= 0.6 is 0 Å². The Bertz CT molecular complexity index is 709. The zero-order chi connectivity index (χ0) is 18.6. The smallest absolute Gasteiger partial charge is 0.336 e. The van der Waals surface area contributed by atoms with Gasteiger partial charge in [-0.2, -0.15) is 0 Å². The number of rotatable bonds is 6. The molecule has 0 spiro atoms. The first-order valence-corrected chi connectivity index (χ1v) is 7.52. The molecule has 0 amide bonds. The number of aliphatic imine (C=N–C) groups is 1. The highest BCUT2D eigenvalue weighted by atomic mass is 16.7. The van der Waals surface area contributed by atoms with Crippen molar-refractivity contribution >= 4 is 17.7 Å². The number of aromatic nitrogens is 1. The van der Waals surface area contributed by atoms with Crippen LogP contribution in [0.3, 0.4) is 0 Å². The maximum Gasteiger partial charge on any atom is 0.336 e. The lowest BCUT2D eigenvalue weighted by molar-refractivity contribution is -0.140. The molecule has 0 aliphatic carbocycles. The van der Waals surface area contributed by atoms with E-state index in [0.29, 0.717) is 11.3 Å². The summed E-state index contributed by atoms with van der Waals surface area (Å²) in [7, 11) is 4.05. The van der Waals surface area contributed by atoms with Gasteiger partial charge in [-0.1, -0.05) is 0 Å². The van der Waals surface area contributed by atoms with Gasteiger partial charge in [-0.05, 0) is 24.6 Å². The van der Waals surface area contributed by atoms with Crippen LogP contribution in [0.4, 0.5) is 0 Å². The van der Waals surface area contributed by atoms with E-state index in [1.807, 2.05) is 0 Å². The summed E-state index contributed by atoms with van der Waals surface area (Å²) in [6, 6.07) is 3.32. The standard InChI is InChI=1S/C17H20N2O6/c1-9-11(15(20)21)12(10-5-7-18-8-6-10)13(16(22)23-2)14(19-9)17(24-3)25-4/h5-8,11-12,17H,1-4H3,(H,20,21). The van der Waals surface area contributed by atoms with Crippen molar-refractivity contribution in [1.82, 2.24) is 4.98 Å². The molecule has 2 rings (SSSR count). The van der Waals surface area contributed by atoms with Crippen molar-refractivity contribution in [3.8, 4) is 0 Å². The van der Waals surface area contributed by atoms with Gasteiger partial charge in [0.2, 0.25) is 6.29 Å². The largest absolute Gasteiger partial charge is 0.481 e. The van der Waals surface area contributed by atoms with Crippen LogP contribution in [0.1, 0.15) is 18.4 Å². The van der Waals surface area contributed by atoms with Gasteiger partial charge >= 0.3 is 11.9 Å². The molecule has 0 saturated carbocycles. The van der Waals surface area contributed by atoms with Crippen LogP contribution in [-0.2, 0) is 23.8 Å². The van der Waals surface area contributed by atoms with Gasteiger partial charge in [0.15, 0.2) is 0 Å². The third-order valence-corrected chi connectivity index (χ3v) is 4.06. The molecule has 0 radical (unpaired) electrons. The minimum Gasteiger partial charge on any atom is -0.481 e. The molecule has 1 aliphatic rings. The number of nitrogens with zero attached hydrogens (tertiary/aromatic N) is 2. The predicted molar refractivity (Wildman–Crippen MR) is 88.1 cm³/mol. The van der Waals surface area contributed by atoms with E-state index in [-0.39, 0.29) is 11.3 Å². The van der Waals surface area contributed by atoms with Crippen molar-refractivity contribution in [2.24, 2.45) is 10.9 Å². The average molecular weight is 348 g/mol. The summed E-state index contributed by atoms with van der Waals surface area (Å²) in [6.07, 6.45) is 2.14. The molecule has 2 unspecified atom stereocenters. The Kier molecular flexibility index (Phi) is 6.00. The molecule has 1 aromatic rings. The summed E-state index contributed by atoms with van der Waals surface area (Å²) in [5, 5.41) is 9.72. The number of ether oxygens (including phenoxy) is 3. The van der Waals surface area contributed by atoms with Crippen molar-refractivity contribution < 1.29 is 28.9 Å². The minimum atomic E-state index is -1.09. The Balaban J connectivity index is 2.76. The topological polar surface area (TPSA) is 107 Å².